The molecule has 0 amide bonds. The summed E-state index contributed by atoms with van der Waals surface area (Å²) in [6.45, 7) is 2.87. The Morgan fingerprint density at radius 3 is 2.52 bits per heavy atom. The molecule has 21 heavy (non-hydrogen) atoms. The molecule has 1 rings (SSSR count). The summed E-state index contributed by atoms with van der Waals surface area (Å²) in [5.41, 5.74) is -0.292. The molecule has 0 aliphatic heterocycles. The molecule has 0 aliphatic carbocycles. The maximum atomic E-state index is 12.6. The minimum atomic E-state index is -4.40. The van der Waals surface area contributed by atoms with E-state index in [0.717, 1.165) is 11.0 Å². The molecule has 0 saturated carbocycles. The van der Waals surface area contributed by atoms with Crippen molar-refractivity contribution in [3.8, 4) is 0 Å². The lowest BCUT2D eigenvalue weighted by molar-refractivity contribution is -0.384. The van der Waals surface area contributed by atoms with Crippen LogP contribution >= 0.6 is 0 Å². The molecule has 0 saturated heterocycles. The lowest BCUT2D eigenvalue weighted by Crippen LogP contribution is -2.35. The van der Waals surface area contributed by atoms with Gasteiger partial charge in [-0.15, -0.1) is 0 Å². The van der Waals surface area contributed by atoms with Gasteiger partial charge in [0.05, 0.1) is 17.1 Å². The van der Waals surface area contributed by atoms with Crippen LogP contribution in [0.25, 0.3) is 0 Å². The first kappa shape index (κ1) is 17.0. The average Bonchev–Trinajstić information content (AvgIpc) is 2.36. The van der Waals surface area contributed by atoms with Gasteiger partial charge < -0.3 is 10.2 Å². The van der Waals surface area contributed by atoms with Gasteiger partial charge in [-0.2, -0.15) is 13.2 Å². The van der Waals surface area contributed by atoms with Gasteiger partial charge in [0.1, 0.15) is 18.2 Å². The zero-order valence-corrected chi connectivity index (χ0v) is 11.8. The highest BCUT2D eigenvalue weighted by Crippen LogP contribution is 2.26. The van der Waals surface area contributed by atoms with Gasteiger partial charge in [0.25, 0.3) is 5.69 Å². The van der Waals surface area contributed by atoms with Crippen LogP contribution in [0.15, 0.2) is 12.1 Å². The number of aromatic nitrogens is 1. The van der Waals surface area contributed by atoms with Gasteiger partial charge in [-0.1, -0.05) is 6.92 Å². The molecular weight excluding hydrogens is 289 g/mol. The van der Waals surface area contributed by atoms with Crippen molar-refractivity contribution in [3.63, 3.8) is 0 Å². The van der Waals surface area contributed by atoms with Gasteiger partial charge in [0.2, 0.25) is 0 Å². The molecular formula is C12H17F3N4O2. The van der Waals surface area contributed by atoms with Gasteiger partial charge in [-0.05, 0) is 13.3 Å². The highest BCUT2D eigenvalue weighted by Gasteiger charge is 2.31. The number of alkyl halides is 3. The van der Waals surface area contributed by atoms with E-state index in [9.17, 15) is 23.3 Å². The largest absolute Gasteiger partial charge is 0.405 e. The van der Waals surface area contributed by atoms with Crippen LogP contribution in [0.3, 0.4) is 0 Å². The molecule has 6 nitrogen and oxygen atoms in total. The van der Waals surface area contributed by atoms with E-state index in [1.807, 2.05) is 0 Å². The second-order valence-electron chi connectivity index (χ2n) is 4.39. The zero-order chi connectivity index (χ0) is 16.0. The van der Waals surface area contributed by atoms with Gasteiger partial charge in [0.15, 0.2) is 0 Å². The normalized spacial score (nSPS) is 11.3. The summed E-state index contributed by atoms with van der Waals surface area (Å²) in [6, 6.07) is 2.26. The molecule has 0 atom stereocenters. The lowest BCUT2D eigenvalue weighted by atomic mass is 10.3. The summed E-state index contributed by atoms with van der Waals surface area (Å²) in [4.78, 5) is 15.2. The Hall–Kier alpha value is -2.06. The first-order chi connectivity index (χ1) is 9.76. The molecule has 1 heterocycles. The lowest BCUT2D eigenvalue weighted by Gasteiger charge is -2.24. The quantitative estimate of drug-likeness (QED) is 0.618. The Kier molecular flexibility index (Phi) is 5.74. The maximum Gasteiger partial charge on any atom is 0.405 e. The van der Waals surface area contributed by atoms with Crippen LogP contribution in [-0.4, -0.2) is 35.7 Å². The van der Waals surface area contributed by atoms with E-state index in [2.05, 4.69) is 10.3 Å². The minimum absolute atomic E-state index is 0.0562. The summed E-state index contributed by atoms with van der Waals surface area (Å²) >= 11 is 0. The van der Waals surface area contributed by atoms with E-state index in [1.165, 1.54) is 6.07 Å². The van der Waals surface area contributed by atoms with Crippen LogP contribution in [-0.2, 0) is 0 Å². The summed E-state index contributed by atoms with van der Waals surface area (Å²) < 4.78 is 37.8. The fourth-order valence-corrected chi connectivity index (χ4v) is 1.80. The Balaban J connectivity index is 3.18. The minimum Gasteiger partial charge on any atom is -0.370 e. The molecule has 118 valence electrons. The molecule has 0 radical (unpaired) electrons. The molecule has 0 aliphatic rings. The molecule has 9 heteroatoms. The smallest absolute Gasteiger partial charge is 0.370 e. The predicted octanol–water partition coefficient (Wildman–Crippen LogP) is 3.20. The number of pyridine rings is 1. The molecule has 1 aromatic rings. The van der Waals surface area contributed by atoms with Crippen molar-refractivity contribution in [2.24, 2.45) is 0 Å². The van der Waals surface area contributed by atoms with Crippen LogP contribution in [0.5, 0.6) is 0 Å². The van der Waals surface area contributed by atoms with Crippen LogP contribution in [0.2, 0.25) is 0 Å². The average molecular weight is 306 g/mol. The van der Waals surface area contributed by atoms with E-state index < -0.39 is 17.6 Å². The molecule has 0 bridgehead atoms. The fraction of sp³-hybridized carbons (Fsp3) is 0.583. The number of rotatable bonds is 7. The van der Waals surface area contributed by atoms with Crippen LogP contribution in [0, 0.1) is 10.1 Å². The number of nitrogens with zero attached hydrogens (tertiary/aromatic N) is 3. The third-order valence-corrected chi connectivity index (χ3v) is 2.55. The first-order valence-electron chi connectivity index (χ1n) is 6.48. The maximum absolute atomic E-state index is 12.6. The van der Waals surface area contributed by atoms with Crippen molar-refractivity contribution in [2.45, 2.75) is 26.4 Å². The Morgan fingerprint density at radius 2 is 2.05 bits per heavy atom. The monoisotopic (exact) mass is 306 g/mol. The molecule has 1 aromatic heterocycles. The Bertz CT molecular complexity index is 494. The second-order valence-corrected chi connectivity index (χ2v) is 4.39. The molecule has 0 spiro atoms. The highest BCUT2D eigenvalue weighted by atomic mass is 19.4. The summed E-state index contributed by atoms with van der Waals surface area (Å²) in [5, 5.41) is 13.7. The Labute approximate surface area is 120 Å². The van der Waals surface area contributed by atoms with Crippen LogP contribution in [0.1, 0.15) is 20.3 Å². The SMILES string of the molecule is CCCN(CC(F)(F)F)c1cc([N+](=O)[O-])cc(NCC)n1. The van der Waals surface area contributed by atoms with Crippen LogP contribution in [0.4, 0.5) is 30.5 Å². The number of nitro groups is 1. The number of anilines is 2. The van der Waals surface area contributed by atoms with E-state index in [-0.39, 0.29) is 23.9 Å². The van der Waals surface area contributed by atoms with E-state index in [4.69, 9.17) is 0 Å². The van der Waals surface area contributed by atoms with Crippen molar-refractivity contribution >= 4 is 17.3 Å². The number of nitrogens with one attached hydrogen (secondary N) is 1. The zero-order valence-electron chi connectivity index (χ0n) is 11.8. The van der Waals surface area contributed by atoms with Gasteiger partial charge in [0, 0.05) is 13.1 Å². The topological polar surface area (TPSA) is 71.3 Å². The van der Waals surface area contributed by atoms with Crippen molar-refractivity contribution in [1.29, 1.82) is 0 Å². The van der Waals surface area contributed by atoms with Crippen LogP contribution < -0.4 is 10.2 Å². The van der Waals surface area contributed by atoms with Crippen molar-refractivity contribution in [3.05, 3.63) is 22.2 Å². The molecule has 0 unspecified atom stereocenters. The first-order valence-corrected chi connectivity index (χ1v) is 6.48. The third kappa shape index (κ3) is 5.44. The van der Waals surface area contributed by atoms with E-state index >= 15 is 0 Å². The second kappa shape index (κ2) is 7.09. The van der Waals surface area contributed by atoms with Crippen molar-refractivity contribution in [2.75, 3.05) is 29.9 Å². The Morgan fingerprint density at radius 1 is 1.38 bits per heavy atom. The fourth-order valence-electron chi connectivity index (χ4n) is 1.80. The van der Waals surface area contributed by atoms with Gasteiger partial charge in [-0.25, -0.2) is 4.98 Å². The number of halogens is 3. The molecule has 1 N–H and O–H groups in total. The third-order valence-electron chi connectivity index (χ3n) is 2.55. The highest BCUT2D eigenvalue weighted by molar-refractivity contribution is 5.56. The standard InChI is InChI=1S/C12H17F3N4O2/c1-3-5-18(8-12(13,14)15)11-7-9(19(20)21)6-10(17-11)16-4-2/h6-7H,3-5,8H2,1-2H3,(H,16,17). The van der Waals surface area contributed by atoms with Crippen molar-refractivity contribution in [1.82, 2.24) is 4.98 Å². The number of hydrogen-bond donors (Lipinski definition) is 1. The van der Waals surface area contributed by atoms with Crippen molar-refractivity contribution < 1.29 is 18.1 Å². The number of hydrogen-bond acceptors (Lipinski definition) is 5. The summed E-state index contributed by atoms with van der Waals surface area (Å²) in [7, 11) is 0. The summed E-state index contributed by atoms with van der Waals surface area (Å²) in [5.74, 6) is 0.129. The van der Waals surface area contributed by atoms with E-state index in [0.29, 0.717) is 13.0 Å². The summed E-state index contributed by atoms with van der Waals surface area (Å²) in [6.07, 6.45) is -3.93. The van der Waals surface area contributed by atoms with Gasteiger partial charge >= 0.3 is 6.18 Å². The van der Waals surface area contributed by atoms with Gasteiger partial charge in [-0.3, -0.25) is 10.1 Å². The van der Waals surface area contributed by atoms with E-state index in [1.54, 1.807) is 13.8 Å². The molecule has 0 fully saturated rings. The predicted molar refractivity (Wildman–Crippen MR) is 73.6 cm³/mol. The molecule has 0 aromatic carbocycles.